The van der Waals surface area contributed by atoms with E-state index in [4.69, 9.17) is 41.1 Å². The van der Waals surface area contributed by atoms with E-state index in [1.807, 2.05) is 57.0 Å². The minimum atomic E-state index is -0.856. The molecule has 1 aromatic carbocycles. The highest BCUT2D eigenvalue weighted by atomic mass is 35.5. The van der Waals surface area contributed by atoms with Gasteiger partial charge in [0.1, 0.15) is 36.8 Å². The van der Waals surface area contributed by atoms with Gasteiger partial charge in [-0.1, -0.05) is 17.7 Å². The van der Waals surface area contributed by atoms with E-state index in [0.717, 1.165) is 30.8 Å². The summed E-state index contributed by atoms with van der Waals surface area (Å²) in [6, 6.07) is 5.63. The van der Waals surface area contributed by atoms with Gasteiger partial charge in [0.2, 0.25) is 0 Å². The minimum absolute atomic E-state index is 0.277. The summed E-state index contributed by atoms with van der Waals surface area (Å²) in [7, 11) is -0.718. The van der Waals surface area contributed by atoms with Crippen LogP contribution >= 0.6 is 11.6 Å². The zero-order chi connectivity index (χ0) is 30.1. The molecule has 0 unspecified atom stereocenters. The van der Waals surface area contributed by atoms with Crippen LogP contribution in [-0.2, 0) is 20.6 Å². The number of ether oxygens (including phenoxy) is 2. The molecule has 228 valence electrons. The average molecular weight is 611 g/mol. The Hall–Kier alpha value is -3.06. The number of nitrogen functional groups attached to an aromatic ring is 1. The lowest BCUT2D eigenvalue weighted by atomic mass is 9.78. The van der Waals surface area contributed by atoms with Crippen LogP contribution in [0.3, 0.4) is 0 Å². The fourth-order valence-corrected chi connectivity index (χ4v) is 7.00. The van der Waals surface area contributed by atoms with Crippen molar-refractivity contribution >= 4 is 35.8 Å². The predicted molar refractivity (Wildman–Crippen MR) is 161 cm³/mol. The van der Waals surface area contributed by atoms with E-state index in [1.165, 1.54) is 0 Å². The number of fused-ring (bicyclic) bond motifs is 1. The molecular formula is C30H37BClFN6O4. The monoisotopic (exact) mass is 610 g/mol. The van der Waals surface area contributed by atoms with E-state index in [9.17, 15) is 4.39 Å². The van der Waals surface area contributed by atoms with Crippen molar-refractivity contribution in [3.8, 4) is 5.75 Å². The molecule has 6 heterocycles. The second kappa shape index (κ2) is 10.3. The molecule has 1 aromatic heterocycles. The van der Waals surface area contributed by atoms with Gasteiger partial charge in [0.15, 0.2) is 0 Å². The van der Waals surface area contributed by atoms with Crippen molar-refractivity contribution in [2.75, 3.05) is 32.1 Å². The Morgan fingerprint density at radius 2 is 2.05 bits per heavy atom. The van der Waals surface area contributed by atoms with Gasteiger partial charge in [-0.05, 0) is 59.2 Å². The molecule has 3 N–H and O–H groups in total. The van der Waals surface area contributed by atoms with Crippen LogP contribution in [0.15, 0.2) is 41.5 Å². The Morgan fingerprint density at radius 3 is 2.81 bits per heavy atom. The van der Waals surface area contributed by atoms with E-state index < -0.39 is 24.5 Å². The summed E-state index contributed by atoms with van der Waals surface area (Å²) in [5, 5.41) is 5.11. The highest BCUT2D eigenvalue weighted by Crippen LogP contribution is 2.41. The van der Waals surface area contributed by atoms with Gasteiger partial charge in [0.05, 0.1) is 45.1 Å². The number of rotatable bonds is 6. The molecule has 43 heavy (non-hydrogen) atoms. The summed E-state index contributed by atoms with van der Waals surface area (Å²) >= 11 is 7.07. The highest BCUT2D eigenvalue weighted by molar-refractivity contribution is 6.65. The first kappa shape index (κ1) is 28.7. The molecule has 0 bridgehead atoms. The first-order chi connectivity index (χ1) is 20.5. The Balaban J connectivity index is 1.31. The number of hydrogen-bond donors (Lipinski definition) is 2. The number of anilines is 1. The summed E-state index contributed by atoms with van der Waals surface area (Å²) in [6.07, 6.45) is 4.98. The lowest BCUT2D eigenvalue weighted by Gasteiger charge is -2.32. The molecule has 2 aromatic rings. The van der Waals surface area contributed by atoms with Crippen molar-refractivity contribution in [1.82, 2.24) is 20.1 Å². The second-order valence-corrected chi connectivity index (χ2v) is 13.4. The molecule has 2 atom stereocenters. The van der Waals surface area contributed by atoms with Crippen LogP contribution in [0.25, 0.3) is 5.82 Å². The molecular weight excluding hydrogens is 574 g/mol. The number of pyridine rings is 1. The molecule has 5 aliphatic rings. The highest BCUT2D eigenvalue weighted by Gasteiger charge is 2.53. The number of halogens is 2. The van der Waals surface area contributed by atoms with E-state index in [2.05, 4.69) is 15.2 Å². The van der Waals surface area contributed by atoms with Gasteiger partial charge in [-0.15, -0.1) is 0 Å². The predicted octanol–water partition coefficient (Wildman–Crippen LogP) is 2.15. The van der Waals surface area contributed by atoms with Crippen molar-refractivity contribution in [3.05, 3.63) is 57.7 Å². The van der Waals surface area contributed by atoms with Crippen LogP contribution < -0.4 is 31.8 Å². The topological polar surface area (TPSA) is 107 Å². The summed E-state index contributed by atoms with van der Waals surface area (Å²) < 4.78 is 40.2. The van der Waals surface area contributed by atoms with Gasteiger partial charge >= 0.3 is 13.1 Å². The lowest BCUT2D eigenvalue weighted by Crippen LogP contribution is -2.48. The Labute approximate surface area is 255 Å². The van der Waals surface area contributed by atoms with Crippen LogP contribution in [0, 0.1) is 0 Å². The third-order valence-electron chi connectivity index (χ3n) is 9.73. The van der Waals surface area contributed by atoms with E-state index in [-0.39, 0.29) is 11.5 Å². The molecule has 5 aliphatic heterocycles. The number of nitrogens with one attached hydrogen (secondary N) is 1. The molecule has 0 radical (unpaired) electrons. The summed E-state index contributed by atoms with van der Waals surface area (Å²) in [5.41, 5.74) is 6.25. The minimum Gasteiger partial charge on any atom is -0.462 e. The van der Waals surface area contributed by atoms with Crippen molar-refractivity contribution < 1.29 is 23.2 Å². The van der Waals surface area contributed by atoms with Gasteiger partial charge in [-0.3, -0.25) is 9.89 Å². The molecule has 13 heteroatoms. The maximum absolute atomic E-state index is 14.5. The number of alkyl halides is 1. The van der Waals surface area contributed by atoms with Crippen LogP contribution in [-0.4, -0.2) is 71.2 Å². The normalized spacial score (nSPS) is 27.1. The number of nitrogens with zero attached hydrogens (tertiary/aromatic N) is 4. The van der Waals surface area contributed by atoms with Crippen LogP contribution in [0.5, 0.6) is 5.75 Å². The van der Waals surface area contributed by atoms with E-state index in [1.54, 1.807) is 6.20 Å². The number of aromatic nitrogens is 1. The molecule has 7 rings (SSSR count). The Kier molecular flexibility index (Phi) is 6.84. The van der Waals surface area contributed by atoms with Crippen molar-refractivity contribution in [2.45, 2.75) is 76.4 Å². The maximum Gasteiger partial charge on any atom is 0.496 e. The first-order valence-corrected chi connectivity index (χ1v) is 15.2. The lowest BCUT2D eigenvalue weighted by molar-refractivity contribution is 0.00578. The summed E-state index contributed by atoms with van der Waals surface area (Å²) in [5.74, 6) is 1.95. The fourth-order valence-electron chi connectivity index (χ4n) is 6.71. The number of nitrogens with two attached hydrogens (primary N) is 1. The third-order valence-corrected chi connectivity index (χ3v) is 10.1. The van der Waals surface area contributed by atoms with Crippen LogP contribution in [0.1, 0.15) is 52.5 Å². The summed E-state index contributed by atoms with van der Waals surface area (Å²) in [6.45, 7) is 10.3. The number of benzene rings is 1. The van der Waals surface area contributed by atoms with Gasteiger partial charge in [0, 0.05) is 30.2 Å². The smallest absolute Gasteiger partial charge is 0.462 e. The summed E-state index contributed by atoms with van der Waals surface area (Å²) in [4.78, 5) is 13.2. The molecule has 0 saturated carbocycles. The van der Waals surface area contributed by atoms with Gasteiger partial charge < -0.3 is 34.7 Å². The SMILES string of the molecule is CC1(C)OB(c2cc3c4c(c2Cl)=NCNC=4N(Cc2cccnc2N)C=C(OC[C@@]24CCCN2C[C@H](F)C4)O3)OC1(C)C. The third kappa shape index (κ3) is 4.83. The standard InChI is InChI=1S/C30H37BClFN6O4/c1-28(2)29(3,4)43-31(42-28)20-11-21-23-25(24(20)32)36-17-37-27(23)38(13-18-7-5-9-35-26(18)34)15-22(41-21)40-16-30-8-6-10-39(30)14-19(33)12-30/h5,7,9,11,15,19,37H,6,8,10,12-14,16-17H2,1-4H3,(H2,34,35)/t19-,30+/m1/s1. The molecule has 3 fully saturated rings. The molecule has 10 nitrogen and oxygen atoms in total. The van der Waals surface area contributed by atoms with Crippen molar-refractivity contribution in [2.24, 2.45) is 4.99 Å². The molecule has 3 saturated heterocycles. The van der Waals surface area contributed by atoms with Crippen molar-refractivity contribution in [1.29, 1.82) is 0 Å². The molecule has 0 spiro atoms. The quantitative estimate of drug-likeness (QED) is 0.476. The first-order valence-electron chi connectivity index (χ1n) is 14.8. The second-order valence-electron chi connectivity index (χ2n) is 13.0. The number of hydrogen-bond acceptors (Lipinski definition) is 10. The van der Waals surface area contributed by atoms with Crippen molar-refractivity contribution in [3.63, 3.8) is 0 Å². The van der Waals surface area contributed by atoms with E-state index in [0.29, 0.717) is 65.4 Å². The van der Waals surface area contributed by atoms with E-state index >= 15 is 0 Å². The maximum atomic E-state index is 14.5. The van der Waals surface area contributed by atoms with Crippen LogP contribution in [0.2, 0.25) is 5.02 Å². The Bertz CT molecular complexity index is 1610. The zero-order valence-electron chi connectivity index (χ0n) is 25.0. The zero-order valence-corrected chi connectivity index (χ0v) is 25.7. The van der Waals surface area contributed by atoms with Gasteiger partial charge in [0.25, 0.3) is 0 Å². The average Bonchev–Trinajstić information content (AvgIpc) is 3.51. The molecule has 0 aliphatic carbocycles. The van der Waals surface area contributed by atoms with Gasteiger partial charge in [-0.2, -0.15) is 0 Å². The van der Waals surface area contributed by atoms with Crippen LogP contribution in [0.4, 0.5) is 10.2 Å². The van der Waals surface area contributed by atoms with Gasteiger partial charge in [-0.25, -0.2) is 9.37 Å². The Morgan fingerprint density at radius 1 is 1.26 bits per heavy atom. The molecule has 0 amide bonds. The fraction of sp³-hybridized carbons (Fsp3) is 0.533. The largest absolute Gasteiger partial charge is 0.496 e.